The lowest BCUT2D eigenvalue weighted by Crippen LogP contribution is -2.24. The monoisotopic (exact) mass is 582 g/mol. The van der Waals surface area contributed by atoms with Crippen LogP contribution in [0.4, 0.5) is 26.3 Å². The van der Waals surface area contributed by atoms with Crippen molar-refractivity contribution < 1.29 is 60.1 Å². The fraction of sp³-hybridized carbons (Fsp3) is 0.522. The summed E-state index contributed by atoms with van der Waals surface area (Å²) in [4.78, 5) is 24.3. The van der Waals surface area contributed by atoms with E-state index in [0.717, 1.165) is 44.1 Å². The van der Waals surface area contributed by atoms with Crippen LogP contribution in [0.2, 0.25) is 0 Å². The van der Waals surface area contributed by atoms with E-state index in [1.54, 1.807) is 12.1 Å². The summed E-state index contributed by atoms with van der Waals surface area (Å²) in [5.41, 5.74) is 1.52. The van der Waals surface area contributed by atoms with Crippen molar-refractivity contribution in [1.29, 1.82) is 5.26 Å². The highest BCUT2D eigenvalue weighted by molar-refractivity contribution is 5.73. The van der Waals surface area contributed by atoms with E-state index in [4.69, 9.17) is 39.1 Å². The van der Waals surface area contributed by atoms with Gasteiger partial charge in [0.25, 0.3) is 0 Å². The second-order valence-corrected chi connectivity index (χ2v) is 8.66. The van der Waals surface area contributed by atoms with Crippen molar-refractivity contribution in [2.24, 2.45) is 11.8 Å². The number of aliphatic carboxylic acids is 2. The first-order valence-corrected chi connectivity index (χ1v) is 11.5. The van der Waals surface area contributed by atoms with Crippen LogP contribution in [0, 0.1) is 30.1 Å². The molecule has 2 aromatic rings. The Morgan fingerprint density at radius 3 is 2.25 bits per heavy atom. The second-order valence-electron chi connectivity index (χ2n) is 8.66. The minimum atomic E-state index is -5.08. The van der Waals surface area contributed by atoms with Gasteiger partial charge >= 0.3 is 24.3 Å². The van der Waals surface area contributed by atoms with Crippen LogP contribution in [0.1, 0.15) is 23.4 Å². The van der Waals surface area contributed by atoms with Gasteiger partial charge in [0.2, 0.25) is 5.88 Å². The molecule has 220 valence electrons. The number of pyridine rings is 1. The summed E-state index contributed by atoms with van der Waals surface area (Å²) in [5, 5.41) is 27.1. The maximum atomic E-state index is 10.6. The highest BCUT2D eigenvalue weighted by Crippen LogP contribution is 2.36. The molecule has 11 nitrogen and oxygen atoms in total. The summed E-state index contributed by atoms with van der Waals surface area (Å²) in [6.07, 6.45) is -7.38. The predicted molar refractivity (Wildman–Crippen MR) is 120 cm³/mol. The maximum absolute atomic E-state index is 10.6. The van der Waals surface area contributed by atoms with Gasteiger partial charge in [0.1, 0.15) is 11.8 Å². The van der Waals surface area contributed by atoms with Gasteiger partial charge in [0.15, 0.2) is 0 Å². The number of hydrogen-bond acceptors (Lipinski definition) is 9. The Morgan fingerprint density at radius 1 is 1.15 bits per heavy atom. The fourth-order valence-corrected chi connectivity index (χ4v) is 3.87. The molecule has 0 spiro atoms. The molecule has 4 heterocycles. The third-order valence-corrected chi connectivity index (χ3v) is 5.67. The zero-order valence-electron chi connectivity index (χ0n) is 20.8. The van der Waals surface area contributed by atoms with Crippen LogP contribution >= 0.6 is 0 Å². The number of alkyl halides is 6. The van der Waals surface area contributed by atoms with Gasteiger partial charge in [-0.25, -0.2) is 14.6 Å². The van der Waals surface area contributed by atoms with E-state index in [0.29, 0.717) is 36.0 Å². The smallest absolute Gasteiger partial charge is 0.478 e. The van der Waals surface area contributed by atoms with Crippen molar-refractivity contribution in [1.82, 2.24) is 15.0 Å². The number of carboxylic acids is 2. The summed E-state index contributed by atoms with van der Waals surface area (Å²) in [6, 6.07) is 7.50. The number of likely N-dealkylation sites (tertiary alicyclic amines) is 1. The molecule has 2 aliphatic rings. The van der Waals surface area contributed by atoms with Crippen molar-refractivity contribution in [3.05, 3.63) is 41.4 Å². The largest absolute Gasteiger partial charge is 0.490 e. The van der Waals surface area contributed by atoms with E-state index in [1.165, 1.54) is 6.20 Å². The lowest BCUT2D eigenvalue weighted by Gasteiger charge is -2.18. The molecule has 2 saturated heterocycles. The Bertz CT molecular complexity index is 1140. The van der Waals surface area contributed by atoms with Gasteiger partial charge in [-0.15, -0.1) is 0 Å². The summed E-state index contributed by atoms with van der Waals surface area (Å²) < 4.78 is 80.4. The molecule has 2 aliphatic heterocycles. The number of hydrogen-bond donors (Lipinski definition) is 2. The van der Waals surface area contributed by atoms with Crippen molar-refractivity contribution in [3.8, 4) is 11.9 Å². The Hall–Kier alpha value is -3.91. The van der Waals surface area contributed by atoms with Crippen LogP contribution in [0.25, 0.3) is 0 Å². The minimum absolute atomic E-state index is 0.307. The molecular weight excluding hydrogens is 558 g/mol. The number of nitriles is 1. The average molecular weight is 582 g/mol. The maximum Gasteiger partial charge on any atom is 0.490 e. The molecule has 17 heteroatoms. The highest BCUT2D eigenvalue weighted by Gasteiger charge is 2.43. The molecule has 0 bridgehead atoms. The van der Waals surface area contributed by atoms with E-state index in [9.17, 15) is 26.3 Å². The van der Waals surface area contributed by atoms with Crippen molar-refractivity contribution in [2.45, 2.75) is 38.3 Å². The Morgan fingerprint density at radius 2 is 1.77 bits per heavy atom. The molecule has 0 aliphatic carbocycles. The van der Waals surface area contributed by atoms with Crippen LogP contribution in [-0.2, 0) is 20.9 Å². The SMILES string of the molecule is Cc1cc(CN2C[C@H]3[C@@H](CCOc4ccc(C#N)cn4)CO[C@H]3C2)no1.O=C(O)C(F)(F)F.O=C(O)C(F)(F)F. The van der Waals surface area contributed by atoms with Crippen LogP contribution in [0.5, 0.6) is 5.88 Å². The number of ether oxygens (including phenoxy) is 2. The van der Waals surface area contributed by atoms with E-state index in [-0.39, 0.29) is 0 Å². The highest BCUT2D eigenvalue weighted by atomic mass is 19.4. The average Bonchev–Trinajstić information content (AvgIpc) is 3.56. The number of aromatic nitrogens is 2. The van der Waals surface area contributed by atoms with Crippen LogP contribution in [-0.4, -0.2) is 82.0 Å². The quantitative estimate of drug-likeness (QED) is 0.481. The Balaban J connectivity index is 0.000000333. The topological polar surface area (TPSA) is 159 Å². The number of nitrogens with zero attached hydrogens (tertiary/aromatic N) is 4. The second kappa shape index (κ2) is 13.9. The summed E-state index contributed by atoms with van der Waals surface area (Å²) in [6.45, 7) is 6.11. The van der Waals surface area contributed by atoms with Gasteiger partial charge in [-0.2, -0.15) is 31.6 Å². The van der Waals surface area contributed by atoms with Gasteiger partial charge in [-0.1, -0.05) is 5.16 Å². The molecule has 0 unspecified atom stereocenters. The standard InChI is InChI=1S/C19H22N4O3.2C2HF3O2/c1-13-6-16(22-26-13)9-23-10-17-15(12-25-18(17)11-23)4-5-24-19-3-2-14(7-20)8-21-19;2*3-2(4,5)1(6)7/h2-3,6,8,15,17-18H,4-5,9-12H2,1H3;2*(H,6,7)/t15-,17-,18-;;/m0../s1. The number of carbonyl (C=O) groups is 2. The number of fused-ring (bicyclic) bond motifs is 1. The van der Waals surface area contributed by atoms with Gasteiger partial charge in [-0.3, -0.25) is 4.90 Å². The van der Waals surface area contributed by atoms with Gasteiger partial charge < -0.3 is 24.2 Å². The van der Waals surface area contributed by atoms with Gasteiger partial charge in [0, 0.05) is 43.9 Å². The van der Waals surface area contributed by atoms with Crippen molar-refractivity contribution >= 4 is 11.9 Å². The summed E-state index contributed by atoms with van der Waals surface area (Å²) in [5.74, 6) is -3.06. The molecule has 2 aromatic heterocycles. The zero-order valence-corrected chi connectivity index (χ0v) is 20.8. The molecule has 3 atom stereocenters. The first-order chi connectivity index (χ1) is 18.6. The van der Waals surface area contributed by atoms with E-state index < -0.39 is 24.3 Å². The molecular formula is C23H24F6N4O7. The lowest BCUT2D eigenvalue weighted by atomic mass is 9.91. The number of halogens is 6. The minimum Gasteiger partial charge on any atom is -0.478 e. The molecule has 4 rings (SSSR count). The number of rotatable bonds is 6. The molecule has 0 saturated carbocycles. The molecule has 0 aromatic carbocycles. The first-order valence-electron chi connectivity index (χ1n) is 11.5. The van der Waals surface area contributed by atoms with Crippen LogP contribution < -0.4 is 4.74 Å². The normalized spacial score (nSPS) is 20.3. The fourth-order valence-electron chi connectivity index (χ4n) is 3.87. The lowest BCUT2D eigenvalue weighted by molar-refractivity contribution is -0.193. The third kappa shape index (κ3) is 10.3. The van der Waals surface area contributed by atoms with Gasteiger partial charge in [-0.05, 0) is 25.3 Å². The zero-order chi connectivity index (χ0) is 30.1. The third-order valence-electron chi connectivity index (χ3n) is 5.67. The summed E-state index contributed by atoms with van der Waals surface area (Å²) >= 11 is 0. The van der Waals surface area contributed by atoms with Gasteiger partial charge in [0.05, 0.1) is 30.6 Å². The molecule has 40 heavy (non-hydrogen) atoms. The van der Waals surface area contributed by atoms with Crippen molar-refractivity contribution in [3.63, 3.8) is 0 Å². The van der Waals surface area contributed by atoms with E-state index in [2.05, 4.69) is 21.1 Å². The molecule has 0 amide bonds. The van der Waals surface area contributed by atoms with Crippen LogP contribution in [0.15, 0.2) is 28.9 Å². The Kier molecular flexibility index (Phi) is 11.3. The number of carboxylic acid groups (broad SMARTS) is 2. The molecule has 2 N–H and O–H groups in total. The number of aryl methyl sites for hydroxylation is 1. The summed E-state index contributed by atoms with van der Waals surface area (Å²) in [7, 11) is 0. The van der Waals surface area contributed by atoms with Crippen LogP contribution in [0.3, 0.4) is 0 Å². The predicted octanol–water partition coefficient (Wildman–Crippen LogP) is 3.43. The van der Waals surface area contributed by atoms with E-state index >= 15 is 0 Å². The van der Waals surface area contributed by atoms with Crippen molar-refractivity contribution in [2.75, 3.05) is 26.3 Å². The van der Waals surface area contributed by atoms with E-state index in [1.807, 2.05) is 13.0 Å². The molecule has 2 fully saturated rings. The molecule has 0 radical (unpaired) electrons. The Labute approximate surface area is 222 Å². The first kappa shape index (κ1) is 32.3.